The third-order valence-electron chi connectivity index (χ3n) is 5.04. The fraction of sp³-hybridized carbons (Fsp3) is 0.647. The highest BCUT2D eigenvalue weighted by atomic mass is 32.2. The standard InChI is InChI=1S/C17H25NO2S/c1-18-17(16-8-4-5-11-21(16,19)20)15-10-9-13-6-2-3-7-14(13)12-15/h9-10,12,16-18H,2-8,11H2,1H3. The Hall–Kier alpha value is -0.870. The molecule has 1 aromatic rings. The molecule has 1 heterocycles. The van der Waals surface area contributed by atoms with Crippen molar-refractivity contribution >= 4 is 9.84 Å². The van der Waals surface area contributed by atoms with Gasteiger partial charge in [0.05, 0.1) is 11.0 Å². The van der Waals surface area contributed by atoms with E-state index in [-0.39, 0.29) is 11.3 Å². The van der Waals surface area contributed by atoms with Crippen LogP contribution in [-0.2, 0) is 22.7 Å². The largest absolute Gasteiger partial charge is 0.312 e. The van der Waals surface area contributed by atoms with Gasteiger partial charge in [-0.15, -0.1) is 0 Å². The predicted octanol–water partition coefficient (Wildman–Crippen LogP) is 2.79. The smallest absolute Gasteiger partial charge is 0.155 e. The summed E-state index contributed by atoms with van der Waals surface area (Å²) in [6, 6.07) is 6.53. The molecule has 3 nitrogen and oxygen atoms in total. The predicted molar refractivity (Wildman–Crippen MR) is 86.3 cm³/mol. The van der Waals surface area contributed by atoms with E-state index < -0.39 is 9.84 Å². The van der Waals surface area contributed by atoms with Crippen LogP contribution >= 0.6 is 0 Å². The minimum atomic E-state index is -2.97. The minimum Gasteiger partial charge on any atom is -0.312 e. The lowest BCUT2D eigenvalue weighted by atomic mass is 9.88. The molecule has 0 aromatic heterocycles. The zero-order valence-electron chi connectivity index (χ0n) is 12.8. The first kappa shape index (κ1) is 15.0. The summed E-state index contributed by atoms with van der Waals surface area (Å²) in [7, 11) is -1.08. The number of hydrogen-bond acceptors (Lipinski definition) is 3. The van der Waals surface area contributed by atoms with Gasteiger partial charge in [-0.1, -0.05) is 24.6 Å². The van der Waals surface area contributed by atoms with Crippen molar-refractivity contribution in [3.05, 3.63) is 34.9 Å². The van der Waals surface area contributed by atoms with E-state index in [1.54, 1.807) is 0 Å². The van der Waals surface area contributed by atoms with E-state index in [4.69, 9.17) is 0 Å². The van der Waals surface area contributed by atoms with E-state index in [0.29, 0.717) is 5.75 Å². The molecule has 1 aliphatic carbocycles. The van der Waals surface area contributed by atoms with Crippen molar-refractivity contribution < 1.29 is 8.42 Å². The molecule has 0 amide bonds. The van der Waals surface area contributed by atoms with Crippen LogP contribution in [0.2, 0.25) is 0 Å². The zero-order chi connectivity index (χ0) is 14.9. The Labute approximate surface area is 128 Å². The summed E-state index contributed by atoms with van der Waals surface area (Å²) in [6.07, 6.45) is 7.46. The zero-order valence-corrected chi connectivity index (χ0v) is 13.6. The van der Waals surface area contributed by atoms with Crippen LogP contribution in [0.3, 0.4) is 0 Å². The molecule has 21 heavy (non-hydrogen) atoms. The quantitative estimate of drug-likeness (QED) is 0.934. The van der Waals surface area contributed by atoms with Crippen LogP contribution in [-0.4, -0.2) is 26.5 Å². The van der Waals surface area contributed by atoms with E-state index >= 15 is 0 Å². The number of rotatable bonds is 3. The Morgan fingerprint density at radius 3 is 2.57 bits per heavy atom. The molecule has 1 aliphatic heterocycles. The van der Waals surface area contributed by atoms with Crippen LogP contribution in [0.25, 0.3) is 0 Å². The van der Waals surface area contributed by atoms with Gasteiger partial charge in [0.1, 0.15) is 0 Å². The maximum Gasteiger partial charge on any atom is 0.155 e. The van der Waals surface area contributed by atoms with Crippen LogP contribution in [0, 0.1) is 0 Å². The van der Waals surface area contributed by atoms with Crippen LogP contribution in [0.15, 0.2) is 18.2 Å². The highest BCUT2D eigenvalue weighted by molar-refractivity contribution is 7.92. The molecule has 1 fully saturated rings. The summed E-state index contributed by atoms with van der Waals surface area (Å²) < 4.78 is 24.8. The van der Waals surface area contributed by atoms with Gasteiger partial charge >= 0.3 is 0 Å². The summed E-state index contributed by atoms with van der Waals surface area (Å²) in [5.41, 5.74) is 4.02. The maximum atomic E-state index is 12.4. The van der Waals surface area contributed by atoms with Crippen LogP contribution in [0.4, 0.5) is 0 Å². The van der Waals surface area contributed by atoms with Gasteiger partial charge in [-0.05, 0) is 62.3 Å². The van der Waals surface area contributed by atoms with Crippen molar-refractivity contribution in [3.63, 3.8) is 0 Å². The van der Waals surface area contributed by atoms with Crippen LogP contribution < -0.4 is 5.32 Å². The monoisotopic (exact) mass is 307 g/mol. The minimum absolute atomic E-state index is 0.0671. The Bertz CT molecular complexity index is 609. The van der Waals surface area contributed by atoms with Crippen molar-refractivity contribution in [1.29, 1.82) is 0 Å². The summed E-state index contributed by atoms with van der Waals surface area (Å²) >= 11 is 0. The number of fused-ring (bicyclic) bond motifs is 1. The van der Waals surface area contributed by atoms with Gasteiger partial charge in [0.2, 0.25) is 0 Å². The molecule has 3 rings (SSSR count). The van der Waals surface area contributed by atoms with Gasteiger partial charge in [0.25, 0.3) is 0 Å². The summed E-state index contributed by atoms with van der Waals surface area (Å²) in [6.45, 7) is 0. The van der Waals surface area contributed by atoms with E-state index in [0.717, 1.165) is 31.2 Å². The second kappa shape index (κ2) is 6.09. The van der Waals surface area contributed by atoms with Crippen molar-refractivity contribution in [2.75, 3.05) is 12.8 Å². The van der Waals surface area contributed by atoms with E-state index in [9.17, 15) is 8.42 Å². The van der Waals surface area contributed by atoms with Gasteiger partial charge < -0.3 is 5.32 Å². The molecule has 0 bridgehead atoms. The molecule has 4 heteroatoms. The Kier molecular flexibility index (Phi) is 4.36. The Balaban J connectivity index is 1.92. The molecule has 2 atom stereocenters. The molecule has 1 N–H and O–H groups in total. The van der Waals surface area contributed by atoms with Crippen molar-refractivity contribution in [3.8, 4) is 0 Å². The number of benzene rings is 1. The first-order valence-corrected chi connectivity index (χ1v) is 9.84. The SMILES string of the molecule is CNC(c1ccc2c(c1)CCCC2)C1CCCCS1(=O)=O. The van der Waals surface area contributed by atoms with E-state index in [1.807, 2.05) is 7.05 Å². The summed E-state index contributed by atoms with van der Waals surface area (Å²) in [5.74, 6) is 0.348. The Morgan fingerprint density at radius 1 is 1.10 bits per heavy atom. The third kappa shape index (κ3) is 3.02. The average Bonchev–Trinajstić information content (AvgIpc) is 2.49. The highest BCUT2D eigenvalue weighted by Gasteiger charge is 2.35. The molecule has 2 aliphatic rings. The van der Waals surface area contributed by atoms with Gasteiger partial charge in [-0.3, -0.25) is 0 Å². The first-order valence-electron chi connectivity index (χ1n) is 8.12. The molecular formula is C17H25NO2S. The highest BCUT2D eigenvalue weighted by Crippen LogP contribution is 2.32. The second-order valence-electron chi connectivity index (χ2n) is 6.40. The average molecular weight is 307 g/mol. The van der Waals surface area contributed by atoms with Crippen molar-refractivity contribution in [2.24, 2.45) is 0 Å². The molecule has 1 aromatic carbocycles. The third-order valence-corrected chi connectivity index (χ3v) is 7.33. The number of sulfone groups is 1. The van der Waals surface area contributed by atoms with Gasteiger partial charge in [-0.25, -0.2) is 8.42 Å². The lowest BCUT2D eigenvalue weighted by Gasteiger charge is -2.31. The van der Waals surface area contributed by atoms with Crippen molar-refractivity contribution in [2.45, 2.75) is 56.2 Å². The van der Waals surface area contributed by atoms with Crippen LogP contribution in [0.1, 0.15) is 54.8 Å². The molecular weight excluding hydrogens is 282 g/mol. The fourth-order valence-electron chi connectivity index (χ4n) is 3.87. The fourth-order valence-corrected chi connectivity index (χ4v) is 6.01. The number of hydrogen-bond donors (Lipinski definition) is 1. The lowest BCUT2D eigenvalue weighted by Crippen LogP contribution is -2.39. The van der Waals surface area contributed by atoms with Gasteiger partial charge in [-0.2, -0.15) is 0 Å². The molecule has 0 spiro atoms. The molecule has 1 saturated heterocycles. The molecule has 2 unspecified atom stereocenters. The van der Waals surface area contributed by atoms with Gasteiger partial charge in [0, 0.05) is 6.04 Å². The second-order valence-corrected chi connectivity index (χ2v) is 8.74. The topological polar surface area (TPSA) is 46.2 Å². The number of nitrogens with one attached hydrogen (secondary N) is 1. The van der Waals surface area contributed by atoms with Crippen molar-refractivity contribution in [1.82, 2.24) is 5.32 Å². The molecule has 0 radical (unpaired) electrons. The Morgan fingerprint density at radius 2 is 1.86 bits per heavy atom. The van der Waals surface area contributed by atoms with E-state index in [2.05, 4.69) is 23.5 Å². The first-order chi connectivity index (χ1) is 10.1. The molecule has 0 saturated carbocycles. The van der Waals surface area contributed by atoms with Gasteiger partial charge in [0.15, 0.2) is 9.84 Å². The summed E-state index contributed by atoms with van der Waals surface area (Å²) in [4.78, 5) is 0. The maximum absolute atomic E-state index is 12.4. The van der Waals surface area contributed by atoms with Crippen LogP contribution in [0.5, 0.6) is 0 Å². The van der Waals surface area contributed by atoms with E-state index in [1.165, 1.54) is 30.4 Å². The lowest BCUT2D eigenvalue weighted by molar-refractivity contribution is 0.468. The molecule has 116 valence electrons. The normalized spacial score (nSPS) is 26.0. The summed E-state index contributed by atoms with van der Waals surface area (Å²) in [5, 5.41) is 3.01. The number of aryl methyl sites for hydroxylation is 2.